The lowest BCUT2D eigenvalue weighted by Crippen LogP contribution is -2.20. The van der Waals surface area contributed by atoms with E-state index in [0.29, 0.717) is 0 Å². The third-order valence-electron chi connectivity index (χ3n) is 2.99. The summed E-state index contributed by atoms with van der Waals surface area (Å²) in [6, 6.07) is 2.11. The smallest absolute Gasteiger partial charge is 0.317 e. The van der Waals surface area contributed by atoms with E-state index in [1.807, 2.05) is 6.92 Å². The van der Waals surface area contributed by atoms with Crippen LogP contribution in [-0.4, -0.2) is 18.1 Å². The highest BCUT2D eigenvalue weighted by Crippen LogP contribution is 2.52. The topological polar surface area (TPSA) is 39.2 Å². The number of methoxy groups -OCH3 is 1. The molecule has 16 heavy (non-hydrogen) atoms. The lowest BCUT2D eigenvalue weighted by molar-refractivity contribution is -0.143. The van der Waals surface area contributed by atoms with Crippen LogP contribution in [0.25, 0.3) is 9.53 Å². The van der Waals surface area contributed by atoms with Crippen molar-refractivity contribution in [1.29, 1.82) is 0 Å². The highest BCUT2D eigenvalue weighted by Gasteiger charge is 2.53. The van der Waals surface area contributed by atoms with E-state index in [4.69, 9.17) is 4.74 Å². The van der Waals surface area contributed by atoms with E-state index < -0.39 is 0 Å². The summed E-state index contributed by atoms with van der Waals surface area (Å²) in [5, 5.41) is 1.08. The molecule has 1 aliphatic rings. The van der Waals surface area contributed by atoms with E-state index in [1.165, 1.54) is 11.8 Å². The van der Waals surface area contributed by atoms with E-state index in [2.05, 4.69) is 11.1 Å². The second-order valence-corrected chi connectivity index (χ2v) is 6.35. The zero-order valence-corrected chi connectivity index (χ0v) is 10.7. The standard InChI is InChI=1S/C11H11NO2S2/c1-6-12-9-7(15-6)5-8(16-9)11(3-4-11)10(13)14-2/h5H,3-4H2,1-2H3. The number of esters is 1. The molecule has 1 aliphatic carbocycles. The number of hydrogen-bond acceptors (Lipinski definition) is 5. The van der Waals surface area contributed by atoms with Gasteiger partial charge in [0, 0.05) is 4.88 Å². The number of rotatable bonds is 2. The molecule has 0 unspecified atom stereocenters. The molecule has 1 fully saturated rings. The van der Waals surface area contributed by atoms with Crippen molar-refractivity contribution >= 4 is 38.2 Å². The Labute approximate surface area is 101 Å². The molecule has 1 saturated carbocycles. The lowest BCUT2D eigenvalue weighted by atomic mass is 10.1. The molecule has 0 amide bonds. The Balaban J connectivity index is 2.06. The van der Waals surface area contributed by atoms with Crippen molar-refractivity contribution in [1.82, 2.24) is 4.98 Å². The third-order valence-corrected chi connectivity index (χ3v) is 5.27. The largest absolute Gasteiger partial charge is 0.468 e. The maximum absolute atomic E-state index is 11.7. The second kappa shape index (κ2) is 3.28. The minimum absolute atomic E-state index is 0.0990. The van der Waals surface area contributed by atoms with E-state index in [0.717, 1.165) is 27.6 Å². The van der Waals surface area contributed by atoms with Gasteiger partial charge in [-0.25, -0.2) is 4.98 Å². The van der Waals surface area contributed by atoms with E-state index in [1.54, 1.807) is 22.7 Å². The average Bonchev–Trinajstić information content (AvgIpc) is 2.87. The van der Waals surface area contributed by atoms with Crippen molar-refractivity contribution in [3.05, 3.63) is 16.0 Å². The fourth-order valence-electron chi connectivity index (χ4n) is 1.95. The molecule has 2 heterocycles. The summed E-state index contributed by atoms with van der Waals surface area (Å²) in [5.74, 6) is -0.0990. The molecule has 3 nitrogen and oxygen atoms in total. The van der Waals surface area contributed by atoms with Crippen molar-refractivity contribution in [2.75, 3.05) is 7.11 Å². The molecule has 0 atom stereocenters. The van der Waals surface area contributed by atoms with Gasteiger partial charge in [-0.2, -0.15) is 0 Å². The molecular weight excluding hydrogens is 242 g/mol. The molecule has 2 aromatic heterocycles. The average molecular weight is 253 g/mol. The Hall–Kier alpha value is -0.940. The van der Waals surface area contributed by atoms with Crippen LogP contribution in [0.4, 0.5) is 0 Å². The van der Waals surface area contributed by atoms with Gasteiger partial charge < -0.3 is 4.74 Å². The van der Waals surface area contributed by atoms with Crippen molar-refractivity contribution in [3.63, 3.8) is 0 Å². The van der Waals surface area contributed by atoms with Crippen LogP contribution in [0.3, 0.4) is 0 Å². The summed E-state index contributed by atoms with van der Waals surface area (Å²) >= 11 is 3.31. The summed E-state index contributed by atoms with van der Waals surface area (Å²) in [4.78, 5) is 18.3. The van der Waals surface area contributed by atoms with Gasteiger partial charge in [-0.15, -0.1) is 22.7 Å². The van der Waals surface area contributed by atoms with Crippen LogP contribution < -0.4 is 0 Å². The summed E-state index contributed by atoms with van der Waals surface area (Å²) in [6.45, 7) is 2.00. The number of aryl methyl sites for hydroxylation is 1. The summed E-state index contributed by atoms with van der Waals surface area (Å²) < 4.78 is 6.07. The monoisotopic (exact) mass is 253 g/mol. The second-order valence-electron chi connectivity index (χ2n) is 4.09. The van der Waals surface area contributed by atoms with E-state index >= 15 is 0 Å². The van der Waals surface area contributed by atoms with Gasteiger partial charge in [0.15, 0.2) is 0 Å². The summed E-state index contributed by atoms with van der Waals surface area (Å²) in [6.07, 6.45) is 1.82. The zero-order valence-electron chi connectivity index (χ0n) is 9.07. The Kier molecular flexibility index (Phi) is 2.09. The SMILES string of the molecule is COC(=O)C1(c2cc3sc(C)nc3s2)CC1. The van der Waals surface area contributed by atoms with Crippen LogP contribution in [0.1, 0.15) is 22.7 Å². The van der Waals surface area contributed by atoms with Gasteiger partial charge in [0.2, 0.25) is 0 Å². The van der Waals surface area contributed by atoms with Crippen LogP contribution in [0.5, 0.6) is 0 Å². The predicted molar refractivity (Wildman–Crippen MR) is 65.2 cm³/mol. The molecule has 5 heteroatoms. The first-order valence-electron chi connectivity index (χ1n) is 5.11. The highest BCUT2D eigenvalue weighted by atomic mass is 32.1. The molecule has 3 rings (SSSR count). The van der Waals surface area contributed by atoms with Gasteiger partial charge in [0.05, 0.1) is 16.8 Å². The zero-order chi connectivity index (χ0) is 11.3. The van der Waals surface area contributed by atoms with Crippen LogP contribution in [0, 0.1) is 6.92 Å². The molecule has 2 aromatic rings. The van der Waals surface area contributed by atoms with Crippen LogP contribution in [0.2, 0.25) is 0 Å². The maximum atomic E-state index is 11.7. The summed E-state index contributed by atoms with van der Waals surface area (Å²) in [5.41, 5.74) is -0.340. The minimum atomic E-state index is -0.340. The van der Waals surface area contributed by atoms with Crippen molar-refractivity contribution < 1.29 is 9.53 Å². The molecule has 0 aromatic carbocycles. The first kappa shape index (κ1) is 10.2. The Morgan fingerprint density at radius 2 is 2.25 bits per heavy atom. The Morgan fingerprint density at radius 1 is 1.50 bits per heavy atom. The van der Waals surface area contributed by atoms with Gasteiger partial charge in [0.25, 0.3) is 0 Å². The van der Waals surface area contributed by atoms with Crippen molar-refractivity contribution in [2.45, 2.75) is 25.2 Å². The van der Waals surface area contributed by atoms with Gasteiger partial charge in [-0.3, -0.25) is 4.79 Å². The van der Waals surface area contributed by atoms with E-state index in [9.17, 15) is 4.79 Å². The fourth-order valence-corrected chi connectivity index (χ4v) is 4.31. The molecule has 0 bridgehead atoms. The van der Waals surface area contributed by atoms with Crippen molar-refractivity contribution in [3.8, 4) is 0 Å². The number of carbonyl (C=O) groups excluding carboxylic acids is 1. The number of thiazole rings is 1. The first-order chi connectivity index (χ1) is 7.65. The minimum Gasteiger partial charge on any atom is -0.468 e. The number of ether oxygens (including phenoxy) is 1. The number of aromatic nitrogens is 1. The molecule has 0 spiro atoms. The van der Waals surface area contributed by atoms with Crippen LogP contribution in [0.15, 0.2) is 6.07 Å². The first-order valence-corrected chi connectivity index (χ1v) is 6.75. The van der Waals surface area contributed by atoms with E-state index in [-0.39, 0.29) is 11.4 Å². The molecule has 84 valence electrons. The molecule has 0 N–H and O–H groups in total. The molecule has 0 radical (unpaired) electrons. The number of fused-ring (bicyclic) bond motifs is 1. The van der Waals surface area contributed by atoms with Gasteiger partial charge >= 0.3 is 5.97 Å². The lowest BCUT2D eigenvalue weighted by Gasteiger charge is -2.09. The normalized spacial score (nSPS) is 17.6. The quantitative estimate of drug-likeness (QED) is 0.773. The fraction of sp³-hybridized carbons (Fsp3) is 0.455. The molecular formula is C11H11NO2S2. The van der Waals surface area contributed by atoms with Gasteiger partial charge in [-0.1, -0.05) is 0 Å². The molecule has 0 aliphatic heterocycles. The third kappa shape index (κ3) is 1.31. The maximum Gasteiger partial charge on any atom is 0.317 e. The molecule has 0 saturated heterocycles. The Morgan fingerprint density at radius 3 is 2.81 bits per heavy atom. The summed E-state index contributed by atoms with van der Waals surface area (Å²) in [7, 11) is 1.46. The highest BCUT2D eigenvalue weighted by molar-refractivity contribution is 7.27. The van der Waals surface area contributed by atoms with Gasteiger partial charge in [-0.05, 0) is 25.8 Å². The number of carbonyl (C=O) groups is 1. The Bertz CT molecular complexity index is 534. The van der Waals surface area contributed by atoms with Gasteiger partial charge in [0.1, 0.15) is 10.2 Å². The van der Waals surface area contributed by atoms with Crippen LogP contribution >= 0.6 is 22.7 Å². The van der Waals surface area contributed by atoms with Crippen molar-refractivity contribution in [2.24, 2.45) is 0 Å². The predicted octanol–water partition coefficient (Wildman–Crippen LogP) is 2.87. The number of thiophene rings is 1. The van der Waals surface area contributed by atoms with Crippen LogP contribution in [-0.2, 0) is 14.9 Å². The number of nitrogens with zero attached hydrogens (tertiary/aromatic N) is 1. The number of hydrogen-bond donors (Lipinski definition) is 0.